The molecule has 0 radical (unpaired) electrons. The lowest BCUT2D eigenvalue weighted by Gasteiger charge is -2.39. The molecule has 5 rings (SSSR count). The number of hydrogen-bond acceptors (Lipinski definition) is 5. The first-order chi connectivity index (χ1) is 16.9. The number of rotatable bonds is 4. The summed E-state index contributed by atoms with van der Waals surface area (Å²) in [5.74, 6) is -4.18. The van der Waals surface area contributed by atoms with Gasteiger partial charge in [-0.15, -0.1) is 0 Å². The van der Waals surface area contributed by atoms with E-state index in [1.807, 2.05) is 23.8 Å². The number of aryl methyl sites for hydroxylation is 1. The Balaban J connectivity index is 1.47. The zero-order chi connectivity index (χ0) is 24.7. The fraction of sp³-hybridized carbons (Fsp3) is 0.200. The van der Waals surface area contributed by atoms with Gasteiger partial charge in [0.05, 0.1) is 36.6 Å². The normalized spacial score (nSPS) is 18.6. The van der Waals surface area contributed by atoms with E-state index < -0.39 is 29.4 Å². The van der Waals surface area contributed by atoms with Gasteiger partial charge >= 0.3 is 0 Å². The lowest BCUT2D eigenvalue weighted by atomic mass is 10.0. The SMILES string of the molecule is COc1cc(C=C2OCC3=COC[C@@H](c4cc(F)c(F)c(F)c4)N3C2=O)ccc1-n1cnc(C)c1. The van der Waals surface area contributed by atoms with Crippen molar-refractivity contribution in [1.82, 2.24) is 14.5 Å². The van der Waals surface area contributed by atoms with E-state index in [1.165, 1.54) is 18.3 Å². The third-order valence-corrected chi connectivity index (χ3v) is 5.78. The number of carbonyl (C=O) groups excluding carboxylic acids is 1. The van der Waals surface area contributed by atoms with Crippen molar-refractivity contribution in [2.75, 3.05) is 20.3 Å². The minimum atomic E-state index is -1.57. The molecule has 10 heteroatoms. The van der Waals surface area contributed by atoms with Crippen LogP contribution in [0.15, 0.2) is 60.6 Å². The van der Waals surface area contributed by atoms with E-state index in [2.05, 4.69) is 4.98 Å². The van der Waals surface area contributed by atoms with Gasteiger partial charge in [-0.1, -0.05) is 6.07 Å². The van der Waals surface area contributed by atoms with Crippen LogP contribution in [0.3, 0.4) is 0 Å². The molecule has 1 aromatic heterocycles. The van der Waals surface area contributed by atoms with Crippen LogP contribution in [-0.4, -0.2) is 40.7 Å². The van der Waals surface area contributed by atoms with Crippen molar-refractivity contribution in [1.29, 1.82) is 0 Å². The molecule has 7 nitrogen and oxygen atoms in total. The highest BCUT2D eigenvalue weighted by molar-refractivity contribution is 5.98. The molecular weight excluding hydrogens is 463 g/mol. The van der Waals surface area contributed by atoms with E-state index in [9.17, 15) is 18.0 Å². The van der Waals surface area contributed by atoms with Gasteiger partial charge in [0.1, 0.15) is 25.2 Å². The number of imidazole rings is 1. The molecule has 0 unspecified atom stereocenters. The minimum absolute atomic E-state index is 0.00373. The summed E-state index contributed by atoms with van der Waals surface area (Å²) < 4.78 is 59.6. The Morgan fingerprint density at radius 1 is 1.17 bits per heavy atom. The van der Waals surface area contributed by atoms with Crippen LogP contribution in [0.4, 0.5) is 13.2 Å². The fourth-order valence-electron chi connectivity index (χ4n) is 4.09. The van der Waals surface area contributed by atoms with Crippen LogP contribution in [0.25, 0.3) is 11.8 Å². The van der Waals surface area contributed by atoms with Gasteiger partial charge in [-0.2, -0.15) is 0 Å². The third kappa shape index (κ3) is 4.11. The molecule has 1 fully saturated rings. The molecule has 2 aromatic carbocycles. The zero-order valence-electron chi connectivity index (χ0n) is 18.8. The average molecular weight is 483 g/mol. The molecule has 0 bridgehead atoms. The van der Waals surface area contributed by atoms with Gasteiger partial charge in [-0.05, 0) is 48.4 Å². The molecule has 3 heterocycles. The number of ether oxygens (including phenoxy) is 3. The summed E-state index contributed by atoms with van der Waals surface area (Å²) >= 11 is 0. The first kappa shape index (κ1) is 22.6. The Kier molecular flexibility index (Phi) is 5.72. The number of aromatic nitrogens is 2. The first-order valence-corrected chi connectivity index (χ1v) is 10.7. The monoisotopic (exact) mass is 483 g/mol. The Labute approximate surface area is 198 Å². The number of halogens is 3. The smallest absolute Gasteiger partial charge is 0.294 e. The summed E-state index contributed by atoms with van der Waals surface area (Å²) in [6.07, 6.45) is 6.46. The van der Waals surface area contributed by atoms with Crippen LogP contribution in [0.2, 0.25) is 0 Å². The number of fused-ring (bicyclic) bond motifs is 1. The van der Waals surface area contributed by atoms with Gasteiger partial charge in [-0.3, -0.25) is 9.69 Å². The van der Waals surface area contributed by atoms with Crippen LogP contribution in [-0.2, 0) is 14.3 Å². The molecule has 0 N–H and O–H groups in total. The molecule has 2 aliphatic rings. The number of hydrogen-bond donors (Lipinski definition) is 0. The lowest BCUT2D eigenvalue weighted by molar-refractivity contribution is -0.137. The maximum Gasteiger partial charge on any atom is 0.294 e. The van der Waals surface area contributed by atoms with Crippen molar-refractivity contribution < 1.29 is 32.2 Å². The Morgan fingerprint density at radius 3 is 2.63 bits per heavy atom. The minimum Gasteiger partial charge on any atom is -0.497 e. The van der Waals surface area contributed by atoms with Gasteiger partial charge in [0.15, 0.2) is 23.2 Å². The molecule has 1 saturated heterocycles. The summed E-state index contributed by atoms with van der Waals surface area (Å²) in [7, 11) is 1.54. The number of methoxy groups -OCH3 is 1. The number of morpholine rings is 1. The van der Waals surface area contributed by atoms with E-state index >= 15 is 0 Å². The predicted molar refractivity (Wildman–Crippen MR) is 119 cm³/mol. The number of carbonyl (C=O) groups is 1. The van der Waals surface area contributed by atoms with E-state index in [0.29, 0.717) is 17.0 Å². The fourth-order valence-corrected chi connectivity index (χ4v) is 4.09. The second-order valence-corrected chi connectivity index (χ2v) is 8.08. The lowest BCUT2D eigenvalue weighted by Crippen LogP contribution is -2.44. The maximum atomic E-state index is 13.9. The van der Waals surface area contributed by atoms with Crippen molar-refractivity contribution in [2.45, 2.75) is 13.0 Å². The average Bonchev–Trinajstić information content (AvgIpc) is 3.29. The molecule has 0 aliphatic carbocycles. The number of benzene rings is 2. The van der Waals surface area contributed by atoms with Crippen LogP contribution < -0.4 is 4.74 Å². The summed E-state index contributed by atoms with van der Waals surface area (Å²) in [6, 6.07) is 6.24. The van der Waals surface area contributed by atoms with Crippen LogP contribution in [0.5, 0.6) is 5.75 Å². The molecule has 0 spiro atoms. The largest absolute Gasteiger partial charge is 0.497 e. The maximum absolute atomic E-state index is 13.9. The van der Waals surface area contributed by atoms with E-state index in [0.717, 1.165) is 23.5 Å². The van der Waals surface area contributed by atoms with E-state index in [4.69, 9.17) is 14.2 Å². The van der Waals surface area contributed by atoms with Crippen LogP contribution in [0.1, 0.15) is 22.9 Å². The van der Waals surface area contributed by atoms with Crippen molar-refractivity contribution in [3.8, 4) is 11.4 Å². The first-order valence-electron chi connectivity index (χ1n) is 10.7. The van der Waals surface area contributed by atoms with Gasteiger partial charge in [0, 0.05) is 6.20 Å². The number of nitrogens with zero attached hydrogens (tertiary/aromatic N) is 3. The molecule has 1 atom stereocenters. The summed E-state index contributed by atoms with van der Waals surface area (Å²) in [5.41, 5.74) is 2.72. The van der Waals surface area contributed by atoms with Gasteiger partial charge in [-0.25, -0.2) is 18.2 Å². The highest BCUT2D eigenvalue weighted by Crippen LogP contribution is 2.35. The Morgan fingerprint density at radius 2 is 1.94 bits per heavy atom. The van der Waals surface area contributed by atoms with Crippen LogP contribution >= 0.6 is 0 Å². The van der Waals surface area contributed by atoms with Gasteiger partial charge in [0.25, 0.3) is 5.91 Å². The van der Waals surface area contributed by atoms with Crippen molar-refractivity contribution >= 4 is 12.0 Å². The highest BCUT2D eigenvalue weighted by atomic mass is 19.2. The van der Waals surface area contributed by atoms with Crippen molar-refractivity contribution in [2.24, 2.45) is 0 Å². The quantitative estimate of drug-likeness (QED) is 0.406. The summed E-state index contributed by atoms with van der Waals surface area (Å²) in [4.78, 5) is 18.9. The third-order valence-electron chi connectivity index (χ3n) is 5.78. The summed E-state index contributed by atoms with van der Waals surface area (Å²) in [6.45, 7) is 1.83. The molecule has 0 saturated carbocycles. The van der Waals surface area contributed by atoms with E-state index in [-0.39, 0.29) is 24.5 Å². The molecule has 35 heavy (non-hydrogen) atoms. The molecule has 2 aliphatic heterocycles. The van der Waals surface area contributed by atoms with Gasteiger partial charge < -0.3 is 18.8 Å². The van der Waals surface area contributed by atoms with Gasteiger partial charge in [0.2, 0.25) is 0 Å². The number of amides is 1. The Bertz CT molecular complexity index is 1360. The molecule has 180 valence electrons. The second kappa shape index (κ2) is 8.86. The van der Waals surface area contributed by atoms with Crippen LogP contribution in [0, 0.1) is 24.4 Å². The van der Waals surface area contributed by atoms with E-state index in [1.54, 1.807) is 24.5 Å². The van der Waals surface area contributed by atoms with Crippen molar-refractivity contribution in [3.05, 3.63) is 94.8 Å². The second-order valence-electron chi connectivity index (χ2n) is 8.08. The molecular formula is C25H20F3N3O4. The zero-order valence-corrected chi connectivity index (χ0v) is 18.8. The standard InChI is InChI=1S/C25H20F3N3O4/c1-14-9-30(13-29-14)20-4-3-15(5-22(20)33-2)6-23-25(32)31-17(11-35-23)10-34-12-21(31)16-7-18(26)24(28)19(27)8-16/h3-10,13,21H,11-12H2,1-2H3/t21-/m0/s1. The topological polar surface area (TPSA) is 65.8 Å². The predicted octanol–water partition coefficient (Wildman–Crippen LogP) is 4.42. The Hall–Kier alpha value is -4.21. The van der Waals surface area contributed by atoms with Crippen molar-refractivity contribution in [3.63, 3.8) is 0 Å². The molecule has 3 aromatic rings. The highest BCUT2D eigenvalue weighted by Gasteiger charge is 2.38. The molecule has 1 amide bonds. The summed E-state index contributed by atoms with van der Waals surface area (Å²) in [5, 5.41) is 0.